The fourth-order valence-corrected chi connectivity index (χ4v) is 3.99. The molecule has 0 fully saturated rings. The van der Waals surface area contributed by atoms with Crippen LogP contribution in [-0.2, 0) is 0 Å². The van der Waals surface area contributed by atoms with Gasteiger partial charge in [0.05, 0.1) is 18.5 Å². The Kier molecular flexibility index (Phi) is 1.84. The van der Waals surface area contributed by atoms with E-state index in [2.05, 4.69) is 36.8 Å². The van der Waals surface area contributed by atoms with Gasteiger partial charge in [0.15, 0.2) is 0 Å². The van der Waals surface area contributed by atoms with E-state index in [4.69, 9.17) is 0 Å². The Balaban J connectivity index is 2.95. The standard InChI is InChI=1S/C5HBr2NS2/c6-2-3-5(8-1-9-3)10-4(2)7/h1H. The van der Waals surface area contributed by atoms with E-state index in [1.54, 1.807) is 22.7 Å². The third-order valence-corrected chi connectivity index (χ3v) is 5.68. The molecule has 0 aliphatic rings. The quantitative estimate of drug-likeness (QED) is 0.719. The van der Waals surface area contributed by atoms with Crippen LogP contribution in [0.2, 0.25) is 0 Å². The van der Waals surface area contributed by atoms with Crippen LogP contribution in [-0.4, -0.2) is 4.98 Å². The van der Waals surface area contributed by atoms with Crippen molar-refractivity contribution in [2.24, 2.45) is 0 Å². The van der Waals surface area contributed by atoms with Gasteiger partial charge in [-0.2, -0.15) is 0 Å². The monoisotopic (exact) mass is 297 g/mol. The van der Waals surface area contributed by atoms with Gasteiger partial charge in [0.1, 0.15) is 4.83 Å². The molecule has 10 heavy (non-hydrogen) atoms. The van der Waals surface area contributed by atoms with E-state index in [1.807, 2.05) is 5.51 Å². The van der Waals surface area contributed by atoms with Gasteiger partial charge in [0.25, 0.3) is 0 Å². The first kappa shape index (κ1) is 7.21. The summed E-state index contributed by atoms with van der Waals surface area (Å²) >= 11 is 10.2. The van der Waals surface area contributed by atoms with Gasteiger partial charge in [0.2, 0.25) is 0 Å². The largest absolute Gasteiger partial charge is 0.234 e. The first-order valence-corrected chi connectivity index (χ1v) is 5.74. The zero-order valence-electron chi connectivity index (χ0n) is 4.60. The molecule has 1 nitrogen and oxygen atoms in total. The maximum Gasteiger partial charge on any atom is 0.136 e. The van der Waals surface area contributed by atoms with E-state index < -0.39 is 0 Å². The van der Waals surface area contributed by atoms with E-state index in [0.717, 1.165) is 13.1 Å². The minimum Gasteiger partial charge on any atom is -0.234 e. The van der Waals surface area contributed by atoms with Crippen molar-refractivity contribution >= 4 is 64.1 Å². The SMILES string of the molecule is Brc1sc2ncsc2c1Br. The predicted octanol–water partition coefficient (Wildman–Crippen LogP) is 3.88. The molecule has 0 amide bonds. The molecule has 0 aliphatic heterocycles. The number of hydrogen-bond acceptors (Lipinski definition) is 3. The van der Waals surface area contributed by atoms with Crippen LogP contribution in [0.1, 0.15) is 0 Å². The number of aromatic nitrogens is 1. The van der Waals surface area contributed by atoms with Crippen molar-refractivity contribution in [2.75, 3.05) is 0 Å². The molecule has 0 N–H and O–H groups in total. The maximum atomic E-state index is 4.18. The molecule has 2 aromatic heterocycles. The lowest BCUT2D eigenvalue weighted by Crippen LogP contribution is -1.49. The lowest BCUT2D eigenvalue weighted by Gasteiger charge is -1.78. The molecule has 5 heteroatoms. The fraction of sp³-hybridized carbons (Fsp3) is 0. The van der Waals surface area contributed by atoms with Crippen LogP contribution in [0.15, 0.2) is 13.8 Å². The molecule has 2 heterocycles. The van der Waals surface area contributed by atoms with Gasteiger partial charge in [-0.3, -0.25) is 0 Å². The van der Waals surface area contributed by atoms with Crippen molar-refractivity contribution in [3.05, 3.63) is 13.8 Å². The zero-order valence-corrected chi connectivity index (χ0v) is 9.40. The molecular formula is C5HBr2NS2. The zero-order chi connectivity index (χ0) is 7.14. The highest BCUT2D eigenvalue weighted by atomic mass is 79.9. The van der Waals surface area contributed by atoms with E-state index in [9.17, 15) is 0 Å². The van der Waals surface area contributed by atoms with Crippen LogP contribution in [0.4, 0.5) is 0 Å². The minimum absolute atomic E-state index is 1.10. The molecule has 0 aliphatic carbocycles. The Labute approximate surface area is 82.3 Å². The van der Waals surface area contributed by atoms with Crippen molar-refractivity contribution in [3.8, 4) is 0 Å². The number of hydrogen-bond donors (Lipinski definition) is 0. The summed E-state index contributed by atoms with van der Waals surface area (Å²) in [5.41, 5.74) is 1.86. The van der Waals surface area contributed by atoms with E-state index in [0.29, 0.717) is 0 Å². The summed E-state index contributed by atoms with van der Waals surface area (Å²) in [7, 11) is 0. The number of halogens is 2. The lowest BCUT2D eigenvalue weighted by molar-refractivity contribution is 1.54. The van der Waals surface area contributed by atoms with E-state index >= 15 is 0 Å². The summed E-state index contributed by atoms with van der Waals surface area (Å²) in [6, 6.07) is 0. The van der Waals surface area contributed by atoms with Gasteiger partial charge >= 0.3 is 0 Å². The molecule has 0 spiro atoms. The van der Waals surface area contributed by atoms with Crippen LogP contribution < -0.4 is 0 Å². The Bertz CT molecular complexity index is 364. The second-order valence-electron chi connectivity index (χ2n) is 1.68. The molecular weight excluding hydrogens is 298 g/mol. The number of nitrogens with zero attached hydrogens (tertiary/aromatic N) is 1. The number of thiazole rings is 1. The van der Waals surface area contributed by atoms with E-state index in [-0.39, 0.29) is 0 Å². The summed E-state index contributed by atoms with van der Waals surface area (Å²) in [6.07, 6.45) is 0. The van der Waals surface area contributed by atoms with Gasteiger partial charge in [-0.15, -0.1) is 22.7 Å². The van der Waals surface area contributed by atoms with Crippen molar-refractivity contribution in [3.63, 3.8) is 0 Å². The fourth-order valence-electron chi connectivity index (χ4n) is 0.673. The Hall–Kier alpha value is 0.550. The molecule has 0 saturated heterocycles. The maximum absolute atomic E-state index is 4.18. The normalized spacial score (nSPS) is 11.0. The van der Waals surface area contributed by atoms with Crippen molar-refractivity contribution in [1.29, 1.82) is 0 Å². The Morgan fingerprint density at radius 3 is 2.90 bits per heavy atom. The minimum atomic E-state index is 1.10. The topological polar surface area (TPSA) is 12.9 Å². The van der Waals surface area contributed by atoms with Crippen molar-refractivity contribution in [1.82, 2.24) is 4.98 Å². The van der Waals surface area contributed by atoms with Crippen LogP contribution in [0, 0.1) is 0 Å². The number of thiophene rings is 1. The van der Waals surface area contributed by atoms with Gasteiger partial charge in [0, 0.05) is 0 Å². The third kappa shape index (κ3) is 0.958. The van der Waals surface area contributed by atoms with Crippen molar-refractivity contribution in [2.45, 2.75) is 0 Å². The van der Waals surface area contributed by atoms with Crippen LogP contribution in [0.3, 0.4) is 0 Å². The smallest absolute Gasteiger partial charge is 0.136 e. The van der Waals surface area contributed by atoms with E-state index in [1.165, 1.54) is 4.70 Å². The van der Waals surface area contributed by atoms with Crippen LogP contribution in [0.5, 0.6) is 0 Å². The molecule has 0 radical (unpaired) electrons. The Morgan fingerprint density at radius 1 is 1.40 bits per heavy atom. The molecule has 0 bridgehead atoms. The highest BCUT2D eigenvalue weighted by Gasteiger charge is 2.08. The molecule has 2 aromatic rings. The average molecular weight is 299 g/mol. The molecule has 2 rings (SSSR count). The molecule has 0 unspecified atom stereocenters. The van der Waals surface area contributed by atoms with Crippen LogP contribution in [0.25, 0.3) is 9.53 Å². The molecule has 0 saturated carbocycles. The van der Waals surface area contributed by atoms with Gasteiger partial charge in [-0.1, -0.05) is 0 Å². The summed E-state index contributed by atoms with van der Waals surface area (Å²) in [4.78, 5) is 5.28. The first-order valence-electron chi connectivity index (χ1n) is 2.46. The van der Waals surface area contributed by atoms with Crippen molar-refractivity contribution < 1.29 is 0 Å². The third-order valence-electron chi connectivity index (χ3n) is 1.09. The lowest BCUT2D eigenvalue weighted by atomic mass is 10.6. The molecule has 52 valence electrons. The highest BCUT2D eigenvalue weighted by molar-refractivity contribution is 9.13. The number of fused-ring (bicyclic) bond motifs is 1. The van der Waals surface area contributed by atoms with Gasteiger partial charge in [-0.25, -0.2) is 4.98 Å². The second-order valence-corrected chi connectivity index (χ2v) is 5.64. The predicted molar refractivity (Wildman–Crippen MR) is 52.9 cm³/mol. The second kappa shape index (κ2) is 2.55. The summed E-state index contributed by atoms with van der Waals surface area (Å²) in [6.45, 7) is 0. The molecule has 0 aromatic carbocycles. The summed E-state index contributed by atoms with van der Waals surface area (Å²) in [5.74, 6) is 0. The Morgan fingerprint density at radius 2 is 2.20 bits per heavy atom. The summed E-state index contributed by atoms with van der Waals surface area (Å²) < 4.78 is 3.49. The summed E-state index contributed by atoms with van der Waals surface area (Å²) in [5, 5.41) is 0. The highest BCUT2D eigenvalue weighted by Crippen LogP contribution is 2.40. The van der Waals surface area contributed by atoms with Crippen LogP contribution >= 0.6 is 54.5 Å². The number of rotatable bonds is 0. The van der Waals surface area contributed by atoms with Gasteiger partial charge in [-0.05, 0) is 31.9 Å². The molecule has 0 atom stereocenters. The first-order chi connectivity index (χ1) is 4.79. The average Bonchev–Trinajstić information content (AvgIpc) is 2.41. The van der Waals surface area contributed by atoms with Gasteiger partial charge < -0.3 is 0 Å².